The van der Waals surface area contributed by atoms with E-state index in [1.54, 1.807) is 13.2 Å². The number of hydrogen-bond acceptors (Lipinski definition) is 4. The lowest BCUT2D eigenvalue weighted by atomic mass is 10.1. The zero-order chi connectivity index (χ0) is 17.4. The summed E-state index contributed by atoms with van der Waals surface area (Å²) in [5, 5.41) is 0.308. The number of H-pyrrole nitrogens is 1. The van der Waals surface area contributed by atoms with Crippen molar-refractivity contribution in [3.63, 3.8) is 0 Å². The Bertz CT molecular complexity index is 1090. The van der Waals surface area contributed by atoms with Gasteiger partial charge in [-0.15, -0.1) is 0 Å². The monoisotopic (exact) mass is 327 g/mol. The maximum atomic E-state index is 12.3. The Morgan fingerprint density at radius 3 is 2.33 bits per heavy atom. The third-order valence-corrected chi connectivity index (χ3v) is 4.10. The van der Waals surface area contributed by atoms with Crippen LogP contribution in [0.25, 0.3) is 11.0 Å². The Kier molecular flexibility index (Phi) is 3.84. The van der Waals surface area contributed by atoms with E-state index in [1.165, 1.54) is 18.7 Å². The van der Waals surface area contributed by atoms with Crippen molar-refractivity contribution in [1.29, 1.82) is 0 Å². The number of fused-ring (bicyclic) bond motifs is 1. The molecule has 0 fully saturated rings. The van der Waals surface area contributed by atoms with Crippen LogP contribution in [0, 0.1) is 0 Å². The largest absolute Gasteiger partial charge is 0.497 e. The van der Waals surface area contributed by atoms with Crippen molar-refractivity contribution in [1.82, 2.24) is 14.1 Å². The Morgan fingerprint density at radius 1 is 1.04 bits per heavy atom. The molecule has 0 atom stereocenters. The SMILES string of the molecule is COc1ccc(Cc2cc3c(=O)n(C)c(=O)n(C)c3[nH]c2=O)cc1. The van der Waals surface area contributed by atoms with Crippen molar-refractivity contribution < 1.29 is 4.74 Å². The predicted molar refractivity (Wildman–Crippen MR) is 90.9 cm³/mol. The molecule has 0 saturated carbocycles. The molecule has 7 heteroatoms. The van der Waals surface area contributed by atoms with Gasteiger partial charge in [0.05, 0.1) is 12.5 Å². The molecule has 3 aromatic rings. The summed E-state index contributed by atoms with van der Waals surface area (Å²) in [6, 6.07) is 8.91. The molecule has 0 aliphatic carbocycles. The third-order valence-electron chi connectivity index (χ3n) is 4.10. The number of hydrogen-bond donors (Lipinski definition) is 1. The van der Waals surface area contributed by atoms with Crippen LogP contribution in [0.3, 0.4) is 0 Å². The number of aromatic nitrogens is 3. The number of aromatic amines is 1. The molecule has 24 heavy (non-hydrogen) atoms. The lowest BCUT2D eigenvalue weighted by molar-refractivity contribution is 0.414. The summed E-state index contributed by atoms with van der Waals surface area (Å²) in [5.74, 6) is 0.732. The maximum absolute atomic E-state index is 12.3. The van der Waals surface area contributed by atoms with Gasteiger partial charge in [-0.2, -0.15) is 0 Å². The summed E-state index contributed by atoms with van der Waals surface area (Å²) in [5.41, 5.74) is 0.380. The van der Waals surface area contributed by atoms with Gasteiger partial charge in [0.25, 0.3) is 11.1 Å². The molecular formula is C17H17N3O4. The van der Waals surface area contributed by atoms with Crippen molar-refractivity contribution in [2.24, 2.45) is 14.1 Å². The Balaban J connectivity index is 2.15. The molecule has 3 rings (SSSR count). The predicted octanol–water partition coefficient (Wildman–Crippen LogP) is 0.525. The number of ether oxygens (including phenoxy) is 1. The molecule has 0 amide bonds. The lowest BCUT2D eigenvalue weighted by Gasteiger charge is -2.09. The quantitative estimate of drug-likeness (QED) is 0.760. The number of nitrogens with one attached hydrogen (secondary N) is 1. The highest BCUT2D eigenvalue weighted by Gasteiger charge is 2.12. The van der Waals surface area contributed by atoms with Crippen LogP contribution in [0.2, 0.25) is 0 Å². The fourth-order valence-electron chi connectivity index (χ4n) is 2.67. The van der Waals surface area contributed by atoms with Gasteiger partial charge in [-0.3, -0.25) is 18.7 Å². The van der Waals surface area contributed by atoms with E-state index in [0.29, 0.717) is 17.4 Å². The van der Waals surface area contributed by atoms with Gasteiger partial charge in [0, 0.05) is 26.1 Å². The highest BCUT2D eigenvalue weighted by molar-refractivity contribution is 5.74. The van der Waals surface area contributed by atoms with Crippen molar-refractivity contribution in [3.8, 4) is 5.75 Å². The minimum absolute atomic E-state index is 0.228. The van der Waals surface area contributed by atoms with Crippen LogP contribution in [0.5, 0.6) is 5.75 Å². The third kappa shape index (κ3) is 2.54. The number of pyridine rings is 1. The molecular weight excluding hydrogens is 310 g/mol. The van der Waals surface area contributed by atoms with Gasteiger partial charge >= 0.3 is 5.69 Å². The zero-order valence-electron chi connectivity index (χ0n) is 13.6. The second-order valence-corrected chi connectivity index (χ2v) is 5.62. The number of rotatable bonds is 3. The highest BCUT2D eigenvalue weighted by Crippen LogP contribution is 2.14. The Hall–Kier alpha value is -3.09. The minimum Gasteiger partial charge on any atom is -0.497 e. The average Bonchev–Trinajstić information content (AvgIpc) is 2.60. The number of benzene rings is 1. The fourth-order valence-corrected chi connectivity index (χ4v) is 2.67. The van der Waals surface area contributed by atoms with E-state index in [9.17, 15) is 14.4 Å². The van der Waals surface area contributed by atoms with E-state index in [4.69, 9.17) is 4.74 Å². The maximum Gasteiger partial charge on any atom is 0.332 e. The van der Waals surface area contributed by atoms with Gasteiger partial charge in [-0.1, -0.05) is 12.1 Å². The highest BCUT2D eigenvalue weighted by atomic mass is 16.5. The van der Waals surface area contributed by atoms with Crippen molar-refractivity contribution in [2.75, 3.05) is 7.11 Å². The number of methoxy groups -OCH3 is 1. The number of aryl methyl sites for hydroxylation is 1. The molecule has 2 aromatic heterocycles. The van der Waals surface area contributed by atoms with Crippen molar-refractivity contribution >= 4 is 11.0 Å². The van der Waals surface area contributed by atoms with Crippen LogP contribution in [0.4, 0.5) is 0 Å². The second kappa shape index (κ2) is 5.84. The average molecular weight is 327 g/mol. The summed E-state index contributed by atoms with van der Waals surface area (Å²) in [4.78, 5) is 39.2. The van der Waals surface area contributed by atoms with Crippen LogP contribution in [-0.4, -0.2) is 21.2 Å². The molecule has 2 heterocycles. The van der Waals surface area contributed by atoms with Crippen LogP contribution < -0.4 is 21.5 Å². The molecule has 0 radical (unpaired) electrons. The Labute approximate surface area is 136 Å². The summed E-state index contributed by atoms with van der Waals surface area (Å²) in [7, 11) is 4.52. The summed E-state index contributed by atoms with van der Waals surface area (Å²) in [6.07, 6.45) is 0.376. The molecule has 1 aromatic carbocycles. The van der Waals surface area contributed by atoms with E-state index in [-0.39, 0.29) is 11.2 Å². The summed E-state index contributed by atoms with van der Waals surface area (Å²) < 4.78 is 7.39. The van der Waals surface area contributed by atoms with Gasteiger partial charge in [-0.05, 0) is 23.8 Å². The molecule has 7 nitrogen and oxygen atoms in total. The summed E-state index contributed by atoms with van der Waals surface area (Å²) >= 11 is 0. The van der Waals surface area contributed by atoms with E-state index >= 15 is 0 Å². The molecule has 0 saturated heterocycles. The fraction of sp³-hybridized carbons (Fsp3) is 0.235. The van der Waals surface area contributed by atoms with Gasteiger partial charge in [0.15, 0.2) is 0 Å². The van der Waals surface area contributed by atoms with Gasteiger partial charge in [0.1, 0.15) is 11.4 Å². The molecule has 0 aliphatic heterocycles. The van der Waals surface area contributed by atoms with Gasteiger partial charge in [-0.25, -0.2) is 4.79 Å². The van der Waals surface area contributed by atoms with Gasteiger partial charge in [0.2, 0.25) is 0 Å². The first-order valence-electron chi connectivity index (χ1n) is 7.37. The normalized spacial score (nSPS) is 11.0. The standard InChI is InChI=1S/C17H17N3O4/c1-19-14-13(16(22)20(2)17(19)23)9-11(15(21)18-14)8-10-4-6-12(24-3)7-5-10/h4-7,9H,8H2,1-3H3,(H,18,21). The summed E-state index contributed by atoms with van der Waals surface area (Å²) in [6.45, 7) is 0. The first-order valence-corrected chi connectivity index (χ1v) is 7.37. The smallest absolute Gasteiger partial charge is 0.332 e. The first kappa shape index (κ1) is 15.8. The molecule has 0 spiro atoms. The molecule has 0 aliphatic rings. The molecule has 0 bridgehead atoms. The van der Waals surface area contributed by atoms with Crippen LogP contribution in [0.1, 0.15) is 11.1 Å². The van der Waals surface area contributed by atoms with E-state index in [1.807, 2.05) is 24.3 Å². The molecule has 1 N–H and O–H groups in total. The lowest BCUT2D eigenvalue weighted by Crippen LogP contribution is -2.38. The van der Waals surface area contributed by atoms with Crippen molar-refractivity contribution in [2.45, 2.75) is 6.42 Å². The van der Waals surface area contributed by atoms with Gasteiger partial charge < -0.3 is 9.72 Å². The minimum atomic E-state index is -0.481. The van der Waals surface area contributed by atoms with E-state index in [0.717, 1.165) is 15.9 Å². The number of nitrogens with zero attached hydrogens (tertiary/aromatic N) is 2. The van der Waals surface area contributed by atoms with Crippen molar-refractivity contribution in [3.05, 3.63) is 72.7 Å². The van der Waals surface area contributed by atoms with Crippen LogP contribution in [0.15, 0.2) is 44.7 Å². The molecule has 0 unspecified atom stereocenters. The second-order valence-electron chi connectivity index (χ2n) is 5.62. The molecule has 124 valence electrons. The topological polar surface area (TPSA) is 86.1 Å². The van der Waals surface area contributed by atoms with E-state index < -0.39 is 11.2 Å². The first-order chi connectivity index (χ1) is 11.4. The van der Waals surface area contributed by atoms with Crippen LogP contribution >= 0.6 is 0 Å². The Morgan fingerprint density at radius 2 is 1.71 bits per heavy atom. The zero-order valence-corrected chi connectivity index (χ0v) is 13.6. The van der Waals surface area contributed by atoms with E-state index in [2.05, 4.69) is 4.98 Å². The van der Waals surface area contributed by atoms with Crippen LogP contribution in [-0.2, 0) is 20.5 Å².